The van der Waals surface area contributed by atoms with Gasteiger partial charge in [-0.05, 0) is 44.9 Å². The first kappa shape index (κ1) is 12.8. The van der Waals surface area contributed by atoms with Crippen LogP contribution in [0.4, 0.5) is 0 Å². The van der Waals surface area contributed by atoms with Crippen LogP contribution in [-0.4, -0.2) is 36.4 Å². The summed E-state index contributed by atoms with van der Waals surface area (Å²) in [6.45, 7) is 0. The summed E-state index contributed by atoms with van der Waals surface area (Å²) in [5, 5.41) is 12.6. The molecule has 0 aromatic carbocycles. The van der Waals surface area contributed by atoms with Crippen molar-refractivity contribution in [3.8, 4) is 0 Å². The monoisotopic (exact) mass is 241 g/mol. The van der Waals surface area contributed by atoms with E-state index in [1.165, 1.54) is 12.8 Å². The molecular formula is C13H23NO3. The van der Waals surface area contributed by atoms with Crippen molar-refractivity contribution in [3.63, 3.8) is 0 Å². The molecule has 0 radical (unpaired) electrons. The Morgan fingerprint density at radius 3 is 2.47 bits per heavy atom. The van der Waals surface area contributed by atoms with Crippen LogP contribution in [0.5, 0.6) is 0 Å². The molecule has 2 saturated carbocycles. The van der Waals surface area contributed by atoms with E-state index in [1.807, 2.05) is 0 Å². The van der Waals surface area contributed by atoms with E-state index in [4.69, 9.17) is 9.84 Å². The Labute approximate surface area is 103 Å². The lowest BCUT2D eigenvalue weighted by molar-refractivity contribution is -0.142. The van der Waals surface area contributed by atoms with Gasteiger partial charge in [0.1, 0.15) is 0 Å². The zero-order valence-electron chi connectivity index (χ0n) is 10.5. The van der Waals surface area contributed by atoms with Crippen LogP contribution >= 0.6 is 0 Å². The van der Waals surface area contributed by atoms with Crippen LogP contribution in [0.25, 0.3) is 0 Å². The number of hydrogen-bond acceptors (Lipinski definition) is 3. The molecule has 2 unspecified atom stereocenters. The van der Waals surface area contributed by atoms with Gasteiger partial charge in [0, 0.05) is 19.2 Å². The van der Waals surface area contributed by atoms with Crippen molar-refractivity contribution < 1.29 is 14.6 Å². The van der Waals surface area contributed by atoms with Gasteiger partial charge in [-0.3, -0.25) is 4.79 Å². The minimum absolute atomic E-state index is 0.116. The number of methoxy groups -OCH3 is 1. The van der Waals surface area contributed by atoms with Gasteiger partial charge in [-0.15, -0.1) is 0 Å². The third-order valence-corrected chi connectivity index (χ3v) is 4.28. The van der Waals surface area contributed by atoms with Crippen LogP contribution in [0, 0.1) is 5.92 Å². The molecule has 2 fully saturated rings. The molecule has 0 bridgehead atoms. The second-order valence-corrected chi connectivity index (χ2v) is 5.37. The molecule has 0 aliphatic heterocycles. The molecule has 0 amide bonds. The summed E-state index contributed by atoms with van der Waals surface area (Å²) >= 11 is 0. The fourth-order valence-electron chi connectivity index (χ4n) is 3.21. The fraction of sp³-hybridized carbons (Fsp3) is 0.923. The molecule has 17 heavy (non-hydrogen) atoms. The maximum atomic E-state index is 10.9. The Morgan fingerprint density at radius 2 is 1.88 bits per heavy atom. The van der Waals surface area contributed by atoms with Crippen molar-refractivity contribution in [2.24, 2.45) is 5.92 Å². The number of carbonyl (C=O) groups is 1. The zero-order valence-corrected chi connectivity index (χ0v) is 10.5. The summed E-state index contributed by atoms with van der Waals surface area (Å²) in [6, 6.07) is 0.970. The van der Waals surface area contributed by atoms with Crippen LogP contribution in [0.2, 0.25) is 0 Å². The average molecular weight is 241 g/mol. The lowest BCUT2D eigenvalue weighted by atomic mass is 9.85. The van der Waals surface area contributed by atoms with E-state index in [0.717, 1.165) is 32.1 Å². The third kappa shape index (κ3) is 3.19. The highest BCUT2D eigenvalue weighted by Gasteiger charge is 2.31. The molecule has 98 valence electrons. The highest BCUT2D eigenvalue weighted by Crippen LogP contribution is 2.27. The van der Waals surface area contributed by atoms with Crippen molar-refractivity contribution >= 4 is 5.97 Å². The van der Waals surface area contributed by atoms with Crippen molar-refractivity contribution in [1.29, 1.82) is 0 Å². The lowest BCUT2D eigenvalue weighted by Crippen LogP contribution is -2.45. The maximum absolute atomic E-state index is 10.9. The topological polar surface area (TPSA) is 58.6 Å². The van der Waals surface area contributed by atoms with Crippen molar-refractivity contribution in [3.05, 3.63) is 0 Å². The van der Waals surface area contributed by atoms with E-state index in [9.17, 15) is 4.79 Å². The van der Waals surface area contributed by atoms with Gasteiger partial charge in [0.15, 0.2) is 0 Å². The first-order valence-corrected chi connectivity index (χ1v) is 6.72. The fourth-order valence-corrected chi connectivity index (χ4v) is 3.21. The molecule has 2 aliphatic carbocycles. The summed E-state index contributed by atoms with van der Waals surface area (Å²) in [5.41, 5.74) is 0. The largest absolute Gasteiger partial charge is 0.481 e. The minimum atomic E-state index is -0.626. The lowest BCUT2D eigenvalue weighted by Gasteiger charge is -2.31. The van der Waals surface area contributed by atoms with Gasteiger partial charge in [-0.25, -0.2) is 0 Å². The van der Waals surface area contributed by atoms with Gasteiger partial charge in [0.25, 0.3) is 0 Å². The first-order chi connectivity index (χ1) is 8.20. The normalized spacial score (nSPS) is 38.2. The number of carboxylic acids is 1. The molecule has 0 aromatic heterocycles. The molecule has 0 saturated heterocycles. The molecule has 0 heterocycles. The van der Waals surface area contributed by atoms with Gasteiger partial charge in [0.2, 0.25) is 0 Å². The third-order valence-electron chi connectivity index (χ3n) is 4.28. The summed E-state index contributed by atoms with van der Waals surface area (Å²) in [5.74, 6) is -0.742. The highest BCUT2D eigenvalue weighted by atomic mass is 16.5. The van der Waals surface area contributed by atoms with E-state index >= 15 is 0 Å². The Hall–Kier alpha value is -0.610. The summed E-state index contributed by atoms with van der Waals surface area (Å²) in [7, 11) is 1.78. The number of hydrogen-bond donors (Lipinski definition) is 2. The number of ether oxygens (including phenoxy) is 1. The molecule has 0 spiro atoms. The molecule has 4 nitrogen and oxygen atoms in total. The van der Waals surface area contributed by atoms with Crippen LogP contribution < -0.4 is 5.32 Å². The molecular weight excluding hydrogens is 218 g/mol. The predicted octanol–water partition coefficient (Wildman–Crippen LogP) is 1.79. The molecule has 0 aromatic rings. The smallest absolute Gasteiger partial charge is 0.306 e. The quantitative estimate of drug-likeness (QED) is 0.788. The number of aliphatic carboxylic acids is 1. The minimum Gasteiger partial charge on any atom is -0.481 e. The van der Waals surface area contributed by atoms with E-state index in [0.29, 0.717) is 18.2 Å². The van der Waals surface area contributed by atoms with E-state index in [1.54, 1.807) is 7.11 Å². The number of rotatable bonds is 4. The summed E-state index contributed by atoms with van der Waals surface area (Å²) in [4.78, 5) is 10.9. The molecule has 2 N–H and O–H groups in total. The number of nitrogens with one attached hydrogen (secondary N) is 1. The summed E-state index contributed by atoms with van der Waals surface area (Å²) in [6.07, 6.45) is 7.55. The van der Waals surface area contributed by atoms with Crippen molar-refractivity contribution in [2.45, 2.75) is 63.1 Å². The van der Waals surface area contributed by atoms with Crippen LogP contribution in [-0.2, 0) is 9.53 Å². The van der Waals surface area contributed by atoms with Gasteiger partial charge in [-0.2, -0.15) is 0 Å². The first-order valence-electron chi connectivity index (χ1n) is 6.72. The van der Waals surface area contributed by atoms with Crippen molar-refractivity contribution in [1.82, 2.24) is 5.32 Å². The van der Waals surface area contributed by atoms with Gasteiger partial charge in [0.05, 0.1) is 12.0 Å². The van der Waals surface area contributed by atoms with E-state index in [-0.39, 0.29) is 5.92 Å². The maximum Gasteiger partial charge on any atom is 0.306 e. The Kier molecular flexibility index (Phi) is 4.40. The zero-order chi connectivity index (χ0) is 12.3. The average Bonchev–Trinajstić information content (AvgIpc) is 2.77. The van der Waals surface area contributed by atoms with Gasteiger partial charge in [-0.1, -0.05) is 0 Å². The predicted molar refractivity (Wildman–Crippen MR) is 65.0 cm³/mol. The second-order valence-electron chi connectivity index (χ2n) is 5.37. The number of carboxylic acid groups (broad SMARTS) is 1. The van der Waals surface area contributed by atoms with E-state index < -0.39 is 5.97 Å². The summed E-state index contributed by atoms with van der Waals surface area (Å²) < 4.78 is 5.47. The molecule has 4 heteroatoms. The Balaban J connectivity index is 1.76. The highest BCUT2D eigenvalue weighted by molar-refractivity contribution is 5.70. The molecule has 2 aliphatic rings. The standard InChI is InChI=1S/C13H23NO3/c1-17-12-4-2-3-11(12)14-10-7-5-9(6-8-10)13(15)16/h9-12,14H,2-8H2,1H3,(H,15,16). The van der Waals surface area contributed by atoms with Crippen LogP contribution in [0.3, 0.4) is 0 Å². The second kappa shape index (κ2) is 5.83. The molecule has 2 rings (SSSR count). The van der Waals surface area contributed by atoms with Crippen LogP contribution in [0.1, 0.15) is 44.9 Å². The van der Waals surface area contributed by atoms with Gasteiger partial charge >= 0.3 is 5.97 Å². The van der Waals surface area contributed by atoms with E-state index in [2.05, 4.69) is 5.32 Å². The van der Waals surface area contributed by atoms with Crippen LogP contribution in [0.15, 0.2) is 0 Å². The van der Waals surface area contributed by atoms with Crippen molar-refractivity contribution in [2.75, 3.05) is 7.11 Å². The molecule has 2 atom stereocenters. The van der Waals surface area contributed by atoms with Gasteiger partial charge < -0.3 is 15.2 Å². The Bertz CT molecular complexity index is 261. The Morgan fingerprint density at radius 1 is 1.18 bits per heavy atom. The SMILES string of the molecule is COC1CCCC1NC1CCC(C(=O)O)CC1.